The lowest BCUT2D eigenvalue weighted by molar-refractivity contribution is -0.123. The predicted molar refractivity (Wildman–Crippen MR) is 115 cm³/mol. The number of hydrazine groups is 1. The molecule has 0 bridgehead atoms. The molecule has 1 saturated heterocycles. The highest BCUT2D eigenvalue weighted by molar-refractivity contribution is 5.82. The Morgan fingerprint density at radius 3 is 2.57 bits per heavy atom. The molecule has 1 aromatic heterocycles. The first-order valence-electron chi connectivity index (χ1n) is 10.1. The van der Waals surface area contributed by atoms with Gasteiger partial charge in [0.1, 0.15) is 11.8 Å². The normalized spacial score (nSPS) is 18.4. The summed E-state index contributed by atoms with van der Waals surface area (Å²) >= 11 is 0. The number of rotatable bonds is 6. The number of hydrogen-bond donors (Lipinski definition) is 3. The average molecular weight is 406 g/mol. The van der Waals surface area contributed by atoms with E-state index >= 15 is 0 Å². The number of methoxy groups -OCH3 is 1. The minimum Gasteiger partial charge on any atom is -0.497 e. The first kappa shape index (κ1) is 20.1. The van der Waals surface area contributed by atoms with Crippen molar-refractivity contribution in [3.05, 3.63) is 77.1 Å². The van der Waals surface area contributed by atoms with E-state index in [2.05, 4.69) is 21.3 Å². The van der Waals surface area contributed by atoms with Crippen molar-refractivity contribution in [2.45, 2.75) is 38.9 Å². The molecule has 2 atom stereocenters. The van der Waals surface area contributed by atoms with Gasteiger partial charge in [0.15, 0.2) is 0 Å². The third-order valence-corrected chi connectivity index (χ3v) is 5.62. The van der Waals surface area contributed by atoms with Crippen LogP contribution in [0.15, 0.2) is 54.6 Å². The Morgan fingerprint density at radius 1 is 1.13 bits per heavy atom. The maximum absolute atomic E-state index is 12.7. The van der Waals surface area contributed by atoms with Crippen LogP contribution in [0.1, 0.15) is 35.0 Å². The van der Waals surface area contributed by atoms with E-state index in [1.807, 2.05) is 73.1 Å². The molecule has 7 heteroatoms. The molecule has 0 saturated carbocycles. The highest BCUT2D eigenvalue weighted by atomic mass is 16.5. The summed E-state index contributed by atoms with van der Waals surface area (Å²) in [5.74, 6) is 0.797. The summed E-state index contributed by atoms with van der Waals surface area (Å²) in [5, 5.41) is 7.71. The summed E-state index contributed by atoms with van der Waals surface area (Å²) in [7, 11) is 1.65. The van der Waals surface area contributed by atoms with Gasteiger partial charge in [0, 0.05) is 23.8 Å². The fraction of sp³-hybridized carbons (Fsp3) is 0.304. The Bertz CT molecular complexity index is 1010. The Morgan fingerprint density at radius 2 is 1.87 bits per heavy atom. The van der Waals surface area contributed by atoms with Crippen LogP contribution in [0.3, 0.4) is 0 Å². The topological polar surface area (TPSA) is 80.2 Å². The molecule has 1 aliphatic rings. The predicted octanol–water partition coefficient (Wildman–Crippen LogP) is 2.72. The molecule has 3 N–H and O–H groups in total. The van der Waals surface area contributed by atoms with E-state index in [1.165, 1.54) is 0 Å². The van der Waals surface area contributed by atoms with Gasteiger partial charge in [-0.05, 0) is 50.1 Å². The molecule has 2 unspecified atom stereocenters. The number of nitrogens with zero attached hydrogens (tertiary/aromatic N) is 2. The summed E-state index contributed by atoms with van der Waals surface area (Å²) in [5.41, 5.74) is 11.5. The largest absolute Gasteiger partial charge is 0.497 e. The second-order valence-corrected chi connectivity index (χ2v) is 7.52. The second kappa shape index (κ2) is 8.69. The third kappa shape index (κ3) is 4.08. The lowest BCUT2D eigenvalue weighted by Crippen LogP contribution is -2.43. The standard InChI is InChI=1S/C23H27N5O2/c1-15-20(16(2)28(27-15)18-7-5-4-6-8-18)14-24-23(29)22-13-21(25-26-22)17-9-11-19(30-3)12-10-17/h4-12,21-22,25-26H,13-14H2,1-3H3,(H,24,29). The van der Waals surface area contributed by atoms with Gasteiger partial charge in [0.2, 0.25) is 5.91 Å². The molecule has 2 aromatic carbocycles. The number of aromatic nitrogens is 2. The van der Waals surface area contributed by atoms with E-state index in [0.717, 1.165) is 34.0 Å². The van der Waals surface area contributed by atoms with Gasteiger partial charge in [0.05, 0.1) is 18.5 Å². The molecule has 3 aromatic rings. The van der Waals surface area contributed by atoms with Crippen LogP contribution in [0, 0.1) is 13.8 Å². The van der Waals surface area contributed by atoms with Crippen LogP contribution in [0.2, 0.25) is 0 Å². The second-order valence-electron chi connectivity index (χ2n) is 7.52. The lowest BCUT2D eigenvalue weighted by atomic mass is 10.0. The minimum atomic E-state index is -0.290. The summed E-state index contributed by atoms with van der Waals surface area (Å²) in [6, 6.07) is 17.7. The smallest absolute Gasteiger partial charge is 0.238 e. The van der Waals surface area contributed by atoms with Gasteiger partial charge in [-0.3, -0.25) is 4.79 Å². The van der Waals surface area contributed by atoms with E-state index in [-0.39, 0.29) is 18.0 Å². The Kier molecular flexibility index (Phi) is 5.83. The summed E-state index contributed by atoms with van der Waals surface area (Å²) in [6.07, 6.45) is 0.680. The number of amides is 1. The number of aryl methyl sites for hydroxylation is 1. The van der Waals surface area contributed by atoms with Gasteiger partial charge in [-0.1, -0.05) is 30.3 Å². The van der Waals surface area contributed by atoms with Crippen LogP contribution in [0.5, 0.6) is 5.75 Å². The van der Waals surface area contributed by atoms with E-state index in [9.17, 15) is 4.79 Å². The zero-order chi connectivity index (χ0) is 21.1. The monoisotopic (exact) mass is 405 g/mol. The molecule has 0 aliphatic carbocycles. The van der Waals surface area contributed by atoms with Crippen molar-refractivity contribution >= 4 is 5.91 Å². The van der Waals surface area contributed by atoms with Crippen molar-refractivity contribution in [1.82, 2.24) is 25.9 Å². The fourth-order valence-electron chi connectivity index (χ4n) is 3.83. The van der Waals surface area contributed by atoms with Crippen molar-refractivity contribution in [2.75, 3.05) is 7.11 Å². The zero-order valence-corrected chi connectivity index (χ0v) is 17.5. The molecule has 0 spiro atoms. The Balaban J connectivity index is 1.38. The van der Waals surface area contributed by atoms with Crippen LogP contribution < -0.4 is 20.9 Å². The molecule has 7 nitrogen and oxygen atoms in total. The quantitative estimate of drug-likeness (QED) is 0.588. The number of nitrogens with one attached hydrogen (secondary N) is 3. The van der Waals surface area contributed by atoms with Crippen molar-refractivity contribution in [1.29, 1.82) is 0 Å². The minimum absolute atomic E-state index is 0.0234. The van der Waals surface area contributed by atoms with Crippen LogP contribution in [0.25, 0.3) is 5.69 Å². The number of ether oxygens (including phenoxy) is 1. The summed E-state index contributed by atoms with van der Waals surface area (Å²) < 4.78 is 7.13. The SMILES string of the molecule is COc1ccc(C2CC(C(=O)NCc3c(C)nn(-c4ccccc4)c3C)NN2)cc1. The summed E-state index contributed by atoms with van der Waals surface area (Å²) in [6.45, 7) is 4.46. The van der Waals surface area contributed by atoms with Gasteiger partial charge in [-0.25, -0.2) is 15.5 Å². The van der Waals surface area contributed by atoms with E-state index in [1.54, 1.807) is 7.11 Å². The van der Waals surface area contributed by atoms with Crippen molar-refractivity contribution in [3.63, 3.8) is 0 Å². The van der Waals surface area contributed by atoms with E-state index in [0.29, 0.717) is 13.0 Å². The molecule has 1 aliphatic heterocycles. The lowest BCUT2D eigenvalue weighted by Gasteiger charge is -2.11. The molecule has 2 heterocycles. The zero-order valence-electron chi connectivity index (χ0n) is 17.5. The highest BCUT2D eigenvalue weighted by Gasteiger charge is 2.30. The molecule has 4 rings (SSSR count). The summed E-state index contributed by atoms with van der Waals surface area (Å²) in [4.78, 5) is 12.7. The van der Waals surface area contributed by atoms with Gasteiger partial charge < -0.3 is 10.1 Å². The third-order valence-electron chi connectivity index (χ3n) is 5.62. The van der Waals surface area contributed by atoms with Gasteiger partial charge in [-0.15, -0.1) is 0 Å². The van der Waals surface area contributed by atoms with Crippen LogP contribution in [-0.4, -0.2) is 28.8 Å². The highest BCUT2D eigenvalue weighted by Crippen LogP contribution is 2.24. The molecule has 30 heavy (non-hydrogen) atoms. The van der Waals surface area contributed by atoms with E-state index < -0.39 is 0 Å². The van der Waals surface area contributed by atoms with Gasteiger partial charge in [-0.2, -0.15) is 5.10 Å². The first-order chi connectivity index (χ1) is 14.6. The fourth-order valence-corrected chi connectivity index (χ4v) is 3.83. The first-order valence-corrected chi connectivity index (χ1v) is 10.1. The molecular weight excluding hydrogens is 378 g/mol. The molecule has 0 radical (unpaired) electrons. The maximum atomic E-state index is 12.7. The van der Waals surface area contributed by atoms with Crippen LogP contribution in [0.4, 0.5) is 0 Å². The number of carbonyl (C=O) groups is 1. The number of carbonyl (C=O) groups excluding carboxylic acids is 1. The molecule has 156 valence electrons. The molecular formula is C23H27N5O2. The molecule has 1 fully saturated rings. The maximum Gasteiger partial charge on any atom is 0.238 e. The number of hydrogen-bond acceptors (Lipinski definition) is 5. The Labute approximate surface area is 176 Å². The van der Waals surface area contributed by atoms with Crippen molar-refractivity contribution in [3.8, 4) is 11.4 Å². The van der Waals surface area contributed by atoms with Crippen molar-refractivity contribution < 1.29 is 9.53 Å². The molecule has 1 amide bonds. The number of para-hydroxylation sites is 1. The van der Waals surface area contributed by atoms with Gasteiger partial charge >= 0.3 is 0 Å². The van der Waals surface area contributed by atoms with Gasteiger partial charge in [0.25, 0.3) is 0 Å². The number of benzene rings is 2. The van der Waals surface area contributed by atoms with E-state index in [4.69, 9.17) is 4.74 Å². The average Bonchev–Trinajstić information content (AvgIpc) is 3.38. The van der Waals surface area contributed by atoms with Crippen molar-refractivity contribution in [2.24, 2.45) is 0 Å². The Hall–Kier alpha value is -3.16. The van der Waals surface area contributed by atoms with Crippen LogP contribution >= 0.6 is 0 Å². The van der Waals surface area contributed by atoms with Crippen LogP contribution in [-0.2, 0) is 11.3 Å².